The highest BCUT2D eigenvalue weighted by molar-refractivity contribution is 5.96. The number of ether oxygens (including phenoxy) is 1. The Morgan fingerprint density at radius 3 is 2.67 bits per heavy atom. The van der Waals surface area contributed by atoms with E-state index in [1.54, 1.807) is 6.92 Å². The lowest BCUT2D eigenvalue weighted by Gasteiger charge is -2.14. The Morgan fingerprint density at radius 2 is 2.17 bits per heavy atom. The number of rotatable bonds is 4. The molecule has 0 aromatic carbocycles. The molecule has 0 atom stereocenters. The van der Waals surface area contributed by atoms with Gasteiger partial charge in [-0.2, -0.15) is 0 Å². The zero-order chi connectivity index (χ0) is 13.9. The number of hydrogen-bond acceptors (Lipinski definition) is 4. The highest BCUT2D eigenvalue weighted by Crippen LogP contribution is 2.20. The molecule has 1 aromatic rings. The molecule has 7 heteroatoms. The fourth-order valence-electron chi connectivity index (χ4n) is 1.46. The molecule has 1 amide bonds. The molecule has 1 aromatic heterocycles. The van der Waals surface area contributed by atoms with Crippen LogP contribution >= 0.6 is 0 Å². The highest BCUT2D eigenvalue weighted by Gasteiger charge is 2.23. The molecule has 6 nitrogen and oxygen atoms in total. The molecule has 2 N–H and O–H groups in total. The number of aromatic nitrogens is 1. The fourth-order valence-corrected chi connectivity index (χ4v) is 1.46. The number of pyridine rings is 1. The van der Waals surface area contributed by atoms with Gasteiger partial charge in [0.25, 0.3) is 11.5 Å². The second-order valence-corrected chi connectivity index (χ2v) is 3.56. The maximum Gasteiger partial charge on any atom is 0.269 e. The Morgan fingerprint density at radius 1 is 1.56 bits per heavy atom. The molecule has 0 saturated carbocycles. The summed E-state index contributed by atoms with van der Waals surface area (Å²) in [6, 6.07) is 0. The van der Waals surface area contributed by atoms with Gasteiger partial charge >= 0.3 is 0 Å². The Hall–Kier alpha value is -1.89. The van der Waals surface area contributed by atoms with E-state index in [2.05, 4.69) is 5.32 Å². The average Bonchev–Trinajstić information content (AvgIpc) is 2.36. The maximum atomic E-state index is 13.7. The van der Waals surface area contributed by atoms with E-state index in [1.807, 2.05) is 0 Å². The molecular formula is C11H15FN2O4. The van der Waals surface area contributed by atoms with Gasteiger partial charge in [0.05, 0.1) is 5.69 Å². The summed E-state index contributed by atoms with van der Waals surface area (Å²) in [5.74, 6) is -2.79. The molecule has 18 heavy (non-hydrogen) atoms. The molecule has 0 saturated heterocycles. The van der Waals surface area contributed by atoms with Crippen LogP contribution in [0.25, 0.3) is 0 Å². The van der Waals surface area contributed by atoms with E-state index in [1.165, 1.54) is 14.0 Å². The monoisotopic (exact) mass is 258 g/mol. The van der Waals surface area contributed by atoms with Crippen molar-refractivity contribution in [1.82, 2.24) is 9.88 Å². The number of amides is 1. The van der Waals surface area contributed by atoms with Gasteiger partial charge in [-0.25, -0.2) is 4.39 Å². The van der Waals surface area contributed by atoms with Crippen LogP contribution in [0, 0.1) is 12.7 Å². The SMILES string of the molecule is CCOCn1c(C)c(F)c(O)c(C(=O)NC)c1=O. The zero-order valence-corrected chi connectivity index (χ0v) is 10.4. The third-order valence-corrected chi connectivity index (χ3v) is 2.50. The van der Waals surface area contributed by atoms with E-state index in [4.69, 9.17) is 4.74 Å². The van der Waals surface area contributed by atoms with Gasteiger partial charge in [0.2, 0.25) is 0 Å². The van der Waals surface area contributed by atoms with Crippen molar-refractivity contribution in [2.45, 2.75) is 20.6 Å². The molecule has 1 heterocycles. The lowest BCUT2D eigenvalue weighted by molar-refractivity contribution is 0.0817. The van der Waals surface area contributed by atoms with Crippen LogP contribution in [0.3, 0.4) is 0 Å². The van der Waals surface area contributed by atoms with E-state index in [0.717, 1.165) is 4.57 Å². The largest absolute Gasteiger partial charge is 0.504 e. The minimum atomic E-state index is -1.01. The van der Waals surface area contributed by atoms with Gasteiger partial charge in [-0.05, 0) is 13.8 Å². The molecule has 0 spiro atoms. The zero-order valence-electron chi connectivity index (χ0n) is 10.4. The van der Waals surface area contributed by atoms with Gasteiger partial charge in [-0.1, -0.05) is 0 Å². The molecule has 0 aliphatic heterocycles. The first-order valence-corrected chi connectivity index (χ1v) is 5.37. The Balaban J connectivity index is 3.49. The molecule has 0 aliphatic rings. The molecule has 0 radical (unpaired) electrons. The van der Waals surface area contributed by atoms with Crippen LogP contribution in [0.4, 0.5) is 4.39 Å². The Labute approximate surface area is 103 Å². The molecule has 0 fully saturated rings. The fraction of sp³-hybridized carbons (Fsp3) is 0.455. The van der Waals surface area contributed by atoms with Crippen LogP contribution < -0.4 is 10.9 Å². The Kier molecular flexibility index (Phi) is 4.43. The van der Waals surface area contributed by atoms with Crippen molar-refractivity contribution in [3.8, 4) is 5.75 Å². The van der Waals surface area contributed by atoms with Gasteiger partial charge in [-0.3, -0.25) is 14.2 Å². The van der Waals surface area contributed by atoms with Crippen LogP contribution in [0.1, 0.15) is 23.0 Å². The smallest absolute Gasteiger partial charge is 0.269 e. The topological polar surface area (TPSA) is 80.6 Å². The van der Waals surface area contributed by atoms with Crippen molar-refractivity contribution < 1.29 is 19.0 Å². The van der Waals surface area contributed by atoms with Crippen LogP contribution in [0.15, 0.2) is 4.79 Å². The van der Waals surface area contributed by atoms with E-state index in [-0.39, 0.29) is 12.4 Å². The van der Waals surface area contributed by atoms with Crippen molar-refractivity contribution in [2.75, 3.05) is 13.7 Å². The quantitative estimate of drug-likeness (QED) is 0.817. The first kappa shape index (κ1) is 14.2. The van der Waals surface area contributed by atoms with Gasteiger partial charge in [0, 0.05) is 13.7 Å². The number of aromatic hydroxyl groups is 1. The summed E-state index contributed by atoms with van der Waals surface area (Å²) in [5, 5.41) is 11.7. The molecule has 0 bridgehead atoms. The predicted molar refractivity (Wildman–Crippen MR) is 62.1 cm³/mol. The highest BCUT2D eigenvalue weighted by atomic mass is 19.1. The van der Waals surface area contributed by atoms with Gasteiger partial charge < -0.3 is 15.2 Å². The number of carbonyl (C=O) groups is 1. The van der Waals surface area contributed by atoms with Gasteiger partial charge in [0.15, 0.2) is 11.6 Å². The maximum absolute atomic E-state index is 13.7. The molecule has 0 unspecified atom stereocenters. The van der Waals surface area contributed by atoms with Crippen LogP contribution in [0.2, 0.25) is 0 Å². The molecule has 0 aliphatic carbocycles. The first-order chi connectivity index (χ1) is 8.45. The lowest BCUT2D eigenvalue weighted by Crippen LogP contribution is -2.34. The second-order valence-electron chi connectivity index (χ2n) is 3.56. The average molecular weight is 258 g/mol. The minimum Gasteiger partial charge on any atom is -0.504 e. The van der Waals surface area contributed by atoms with E-state index in [9.17, 15) is 19.1 Å². The van der Waals surface area contributed by atoms with Crippen molar-refractivity contribution in [2.24, 2.45) is 0 Å². The van der Waals surface area contributed by atoms with Gasteiger partial charge in [0.1, 0.15) is 12.3 Å². The van der Waals surface area contributed by atoms with Crippen LogP contribution in [0.5, 0.6) is 5.75 Å². The summed E-state index contributed by atoms with van der Waals surface area (Å²) < 4.78 is 19.7. The molecule has 100 valence electrons. The van der Waals surface area contributed by atoms with E-state index in [0.29, 0.717) is 6.61 Å². The van der Waals surface area contributed by atoms with Crippen LogP contribution in [-0.2, 0) is 11.5 Å². The number of halogens is 1. The number of carbonyl (C=O) groups excluding carboxylic acids is 1. The van der Waals surface area contributed by atoms with Crippen molar-refractivity contribution in [3.63, 3.8) is 0 Å². The summed E-state index contributed by atoms with van der Waals surface area (Å²) in [5.41, 5.74) is -1.50. The molecule has 1 rings (SSSR count). The summed E-state index contributed by atoms with van der Waals surface area (Å²) in [4.78, 5) is 23.4. The first-order valence-electron chi connectivity index (χ1n) is 5.37. The van der Waals surface area contributed by atoms with E-state index >= 15 is 0 Å². The third-order valence-electron chi connectivity index (χ3n) is 2.50. The van der Waals surface area contributed by atoms with Crippen molar-refractivity contribution in [1.29, 1.82) is 0 Å². The number of nitrogens with one attached hydrogen (secondary N) is 1. The number of nitrogens with zero attached hydrogens (tertiary/aromatic N) is 1. The van der Waals surface area contributed by atoms with Crippen LogP contribution in [-0.4, -0.2) is 29.2 Å². The normalized spacial score (nSPS) is 10.4. The lowest BCUT2D eigenvalue weighted by atomic mass is 10.2. The third kappa shape index (κ3) is 2.35. The number of hydrogen-bond donors (Lipinski definition) is 2. The summed E-state index contributed by atoms with van der Waals surface area (Å²) in [6.45, 7) is 3.20. The Bertz CT molecular complexity index is 525. The van der Waals surface area contributed by atoms with Crippen molar-refractivity contribution >= 4 is 5.91 Å². The van der Waals surface area contributed by atoms with Gasteiger partial charge in [-0.15, -0.1) is 0 Å². The van der Waals surface area contributed by atoms with E-state index < -0.39 is 28.6 Å². The standard InChI is InChI=1S/C11H15FN2O4/c1-4-18-5-14-6(2)8(12)9(15)7(11(14)17)10(16)13-3/h15H,4-5H2,1-3H3,(H,13,16). The second kappa shape index (κ2) is 5.63. The predicted octanol–water partition coefficient (Wildman–Crippen LogP) is 0.355. The summed E-state index contributed by atoms with van der Waals surface area (Å²) >= 11 is 0. The molecular weight excluding hydrogens is 243 g/mol. The minimum absolute atomic E-state index is 0.0846. The summed E-state index contributed by atoms with van der Waals surface area (Å²) in [7, 11) is 1.28. The van der Waals surface area contributed by atoms with Crippen molar-refractivity contribution in [3.05, 3.63) is 27.4 Å². The summed E-state index contributed by atoms with van der Waals surface area (Å²) in [6.07, 6.45) is 0.